The molecule has 5 nitrogen and oxygen atoms in total. The molecular formula is C23H25N3O2. The van der Waals surface area contributed by atoms with E-state index in [0.717, 1.165) is 12.8 Å². The highest BCUT2D eigenvalue weighted by Crippen LogP contribution is 2.45. The van der Waals surface area contributed by atoms with Crippen molar-refractivity contribution in [1.29, 1.82) is 5.26 Å². The molecule has 5 heteroatoms. The number of hydrogen-bond acceptors (Lipinski definition) is 3. The third-order valence-corrected chi connectivity index (χ3v) is 5.68. The minimum Gasteiger partial charge on any atom is -0.267 e. The van der Waals surface area contributed by atoms with Gasteiger partial charge < -0.3 is 0 Å². The van der Waals surface area contributed by atoms with Crippen molar-refractivity contribution in [3.05, 3.63) is 70.3 Å². The maximum absolute atomic E-state index is 12.6. The molecular weight excluding hydrogens is 350 g/mol. The van der Waals surface area contributed by atoms with Gasteiger partial charge in [0, 0.05) is 11.1 Å². The van der Waals surface area contributed by atoms with Gasteiger partial charge in [0.2, 0.25) is 0 Å². The summed E-state index contributed by atoms with van der Waals surface area (Å²) in [6.45, 7) is 8.88. The first kappa shape index (κ1) is 19.6. The van der Waals surface area contributed by atoms with E-state index < -0.39 is 5.91 Å². The van der Waals surface area contributed by atoms with Crippen LogP contribution < -0.4 is 10.9 Å². The second-order valence-corrected chi connectivity index (χ2v) is 8.63. The topological polar surface area (TPSA) is 82.0 Å². The lowest BCUT2D eigenvalue weighted by atomic mass is 9.63. The lowest BCUT2D eigenvalue weighted by molar-refractivity contribution is 0.0846. The maximum atomic E-state index is 12.6. The number of carbonyl (C=O) groups excluding carboxylic acids is 2. The van der Waals surface area contributed by atoms with Crippen LogP contribution in [0.5, 0.6) is 0 Å². The number of rotatable bonds is 2. The zero-order valence-corrected chi connectivity index (χ0v) is 16.7. The van der Waals surface area contributed by atoms with E-state index in [0.29, 0.717) is 16.7 Å². The second-order valence-electron chi connectivity index (χ2n) is 8.63. The Labute approximate surface area is 165 Å². The van der Waals surface area contributed by atoms with Crippen LogP contribution in [0.15, 0.2) is 42.5 Å². The Bertz CT molecular complexity index is 966. The number of fused-ring (bicyclic) bond motifs is 1. The van der Waals surface area contributed by atoms with Crippen molar-refractivity contribution < 1.29 is 9.59 Å². The summed E-state index contributed by atoms with van der Waals surface area (Å²) in [6.07, 6.45) is 2.17. The Kier molecular flexibility index (Phi) is 4.99. The van der Waals surface area contributed by atoms with Crippen LogP contribution in [0.25, 0.3) is 0 Å². The largest absolute Gasteiger partial charge is 0.269 e. The summed E-state index contributed by atoms with van der Waals surface area (Å²) in [7, 11) is 0. The first-order valence-corrected chi connectivity index (χ1v) is 9.40. The number of nitrogens with zero attached hydrogens (tertiary/aromatic N) is 1. The average molecular weight is 375 g/mol. The summed E-state index contributed by atoms with van der Waals surface area (Å²) in [5.74, 6) is -0.791. The quantitative estimate of drug-likeness (QED) is 0.779. The summed E-state index contributed by atoms with van der Waals surface area (Å²) in [5, 5.41) is 8.82. The molecule has 2 amide bonds. The Morgan fingerprint density at radius 3 is 1.89 bits per heavy atom. The molecule has 2 aromatic carbocycles. The van der Waals surface area contributed by atoms with Crippen molar-refractivity contribution in [2.75, 3.05) is 0 Å². The van der Waals surface area contributed by atoms with Crippen molar-refractivity contribution in [3.63, 3.8) is 0 Å². The van der Waals surface area contributed by atoms with Gasteiger partial charge in [0.15, 0.2) is 0 Å². The van der Waals surface area contributed by atoms with Crippen molar-refractivity contribution in [2.24, 2.45) is 0 Å². The van der Waals surface area contributed by atoms with E-state index in [9.17, 15) is 9.59 Å². The third-order valence-electron chi connectivity index (χ3n) is 5.68. The number of hydrogen-bond donors (Lipinski definition) is 2. The Morgan fingerprint density at radius 1 is 0.821 bits per heavy atom. The van der Waals surface area contributed by atoms with E-state index in [4.69, 9.17) is 5.26 Å². The number of benzene rings is 2. The fraction of sp³-hybridized carbons (Fsp3) is 0.348. The number of nitriles is 1. The van der Waals surface area contributed by atoms with E-state index in [1.54, 1.807) is 24.3 Å². The zero-order valence-electron chi connectivity index (χ0n) is 16.7. The van der Waals surface area contributed by atoms with Gasteiger partial charge in [0.1, 0.15) is 0 Å². The zero-order chi connectivity index (χ0) is 20.5. The molecule has 0 heterocycles. The molecule has 0 saturated carbocycles. The monoisotopic (exact) mass is 375 g/mol. The predicted octanol–water partition coefficient (Wildman–Crippen LogP) is 3.98. The van der Waals surface area contributed by atoms with Crippen LogP contribution in [0.1, 0.15) is 77.9 Å². The summed E-state index contributed by atoms with van der Waals surface area (Å²) >= 11 is 0. The van der Waals surface area contributed by atoms with Gasteiger partial charge in [-0.2, -0.15) is 5.26 Å². The first-order chi connectivity index (χ1) is 13.1. The normalized spacial score (nSPS) is 16.4. The summed E-state index contributed by atoms with van der Waals surface area (Å²) in [4.78, 5) is 24.8. The second kappa shape index (κ2) is 7.12. The van der Waals surface area contributed by atoms with E-state index >= 15 is 0 Å². The van der Waals surface area contributed by atoms with Gasteiger partial charge >= 0.3 is 0 Å². The molecule has 0 spiro atoms. The molecule has 1 aliphatic rings. The Morgan fingerprint density at radius 2 is 1.32 bits per heavy atom. The molecule has 0 saturated heterocycles. The van der Waals surface area contributed by atoms with Crippen LogP contribution in [-0.2, 0) is 10.8 Å². The van der Waals surface area contributed by atoms with Crippen molar-refractivity contribution >= 4 is 11.8 Å². The van der Waals surface area contributed by atoms with Gasteiger partial charge in [-0.15, -0.1) is 0 Å². The van der Waals surface area contributed by atoms with E-state index in [1.165, 1.54) is 11.1 Å². The molecule has 0 radical (unpaired) electrons. The minimum atomic E-state index is -0.433. The van der Waals surface area contributed by atoms with Crippen LogP contribution in [0.3, 0.4) is 0 Å². The van der Waals surface area contributed by atoms with Gasteiger partial charge in [-0.25, -0.2) is 0 Å². The number of amides is 2. The van der Waals surface area contributed by atoms with Gasteiger partial charge in [0.25, 0.3) is 11.8 Å². The average Bonchev–Trinajstić information content (AvgIpc) is 2.69. The fourth-order valence-corrected chi connectivity index (χ4v) is 3.68. The van der Waals surface area contributed by atoms with Crippen molar-refractivity contribution in [2.45, 2.75) is 51.4 Å². The first-order valence-electron chi connectivity index (χ1n) is 9.40. The molecule has 0 aliphatic heterocycles. The molecule has 2 aromatic rings. The van der Waals surface area contributed by atoms with E-state index in [-0.39, 0.29) is 16.7 Å². The predicted molar refractivity (Wildman–Crippen MR) is 108 cm³/mol. The van der Waals surface area contributed by atoms with E-state index in [1.807, 2.05) is 24.3 Å². The summed E-state index contributed by atoms with van der Waals surface area (Å²) < 4.78 is 0. The molecule has 0 aromatic heterocycles. The highest BCUT2D eigenvalue weighted by Gasteiger charge is 2.37. The van der Waals surface area contributed by atoms with E-state index in [2.05, 4.69) is 38.5 Å². The standard InChI is InChI=1S/C23H25N3O2/c1-22(2)11-12-23(3,4)19-13-17(9-10-18(19)22)21(28)26-25-20(27)16-7-5-15(14-24)6-8-16/h5-10,13H,11-12H2,1-4H3,(H,25,27)(H,26,28). The van der Waals surface area contributed by atoms with Gasteiger partial charge in [0.05, 0.1) is 11.6 Å². The number of hydrazine groups is 1. The summed E-state index contributed by atoms with van der Waals surface area (Å²) in [6, 6.07) is 14.0. The molecule has 0 bridgehead atoms. The fourth-order valence-electron chi connectivity index (χ4n) is 3.68. The lowest BCUT2D eigenvalue weighted by Crippen LogP contribution is -2.42. The van der Waals surface area contributed by atoms with Crippen LogP contribution in [0, 0.1) is 11.3 Å². The highest BCUT2D eigenvalue weighted by molar-refractivity contribution is 5.99. The SMILES string of the molecule is CC1(C)CCC(C)(C)c2cc(C(=O)NNC(=O)c3ccc(C#N)cc3)ccc21. The molecule has 2 N–H and O–H groups in total. The van der Waals surface area contributed by atoms with Crippen LogP contribution in [0.4, 0.5) is 0 Å². The van der Waals surface area contributed by atoms with Crippen LogP contribution in [0.2, 0.25) is 0 Å². The third kappa shape index (κ3) is 3.77. The lowest BCUT2D eigenvalue weighted by Gasteiger charge is -2.42. The highest BCUT2D eigenvalue weighted by atomic mass is 16.2. The van der Waals surface area contributed by atoms with Gasteiger partial charge in [-0.3, -0.25) is 20.4 Å². The molecule has 28 heavy (non-hydrogen) atoms. The maximum Gasteiger partial charge on any atom is 0.269 e. The van der Waals surface area contributed by atoms with Gasteiger partial charge in [-0.1, -0.05) is 33.8 Å². The Balaban J connectivity index is 1.74. The molecule has 0 unspecified atom stereocenters. The smallest absolute Gasteiger partial charge is 0.267 e. The molecule has 1 aliphatic carbocycles. The molecule has 3 rings (SSSR count). The minimum absolute atomic E-state index is 0.00682. The number of nitrogens with one attached hydrogen (secondary N) is 2. The van der Waals surface area contributed by atoms with Crippen LogP contribution in [-0.4, -0.2) is 11.8 Å². The van der Waals surface area contributed by atoms with Crippen molar-refractivity contribution in [3.8, 4) is 6.07 Å². The van der Waals surface area contributed by atoms with Crippen LogP contribution >= 0.6 is 0 Å². The molecule has 0 fully saturated rings. The van der Waals surface area contributed by atoms with Gasteiger partial charge in [-0.05, 0) is 71.2 Å². The number of carbonyl (C=O) groups is 2. The Hall–Kier alpha value is -3.13. The molecule has 144 valence electrons. The van der Waals surface area contributed by atoms with Crippen molar-refractivity contribution in [1.82, 2.24) is 10.9 Å². The summed E-state index contributed by atoms with van der Waals surface area (Å²) in [5.41, 5.74) is 8.83. The molecule has 0 atom stereocenters.